The number of carbonyl (C=O) groups excluding carboxylic acids is 1. The number of aryl methyl sites for hydroxylation is 3. The van der Waals surface area contributed by atoms with Crippen molar-refractivity contribution in [2.24, 2.45) is 5.73 Å². The van der Waals surface area contributed by atoms with E-state index in [-0.39, 0.29) is 12.2 Å². The zero-order valence-corrected chi connectivity index (χ0v) is 20.8. The van der Waals surface area contributed by atoms with Gasteiger partial charge in [-0.05, 0) is 67.8 Å². The molecule has 1 amide bonds. The Bertz CT molecular complexity index is 1420. The predicted molar refractivity (Wildman–Crippen MR) is 139 cm³/mol. The third kappa shape index (κ3) is 5.47. The molecule has 0 saturated carbocycles. The molecule has 186 valence electrons. The summed E-state index contributed by atoms with van der Waals surface area (Å²) in [5.41, 5.74) is 9.53. The fraction of sp³-hybridized carbons (Fsp3) is 0.214. The lowest BCUT2D eigenvalue weighted by molar-refractivity contribution is 0.0693. The van der Waals surface area contributed by atoms with E-state index >= 15 is 0 Å². The van der Waals surface area contributed by atoms with Crippen LogP contribution in [0, 0.1) is 13.8 Å². The van der Waals surface area contributed by atoms with E-state index in [9.17, 15) is 14.7 Å². The van der Waals surface area contributed by atoms with Gasteiger partial charge in [-0.15, -0.1) is 0 Å². The quantitative estimate of drug-likeness (QED) is 0.266. The number of carboxylic acid groups (broad SMARTS) is 1. The fourth-order valence-electron chi connectivity index (χ4n) is 4.19. The van der Waals surface area contributed by atoms with Crippen molar-refractivity contribution >= 4 is 34.4 Å². The second-order valence-corrected chi connectivity index (χ2v) is 8.97. The molecule has 0 atom stereocenters. The molecule has 0 aliphatic heterocycles. The van der Waals surface area contributed by atoms with Gasteiger partial charge in [0.2, 0.25) is 0 Å². The molecule has 1 aromatic heterocycles. The van der Waals surface area contributed by atoms with Crippen molar-refractivity contribution in [3.63, 3.8) is 0 Å². The van der Waals surface area contributed by atoms with Gasteiger partial charge in [0.25, 0.3) is 5.91 Å². The second kappa shape index (κ2) is 10.7. The van der Waals surface area contributed by atoms with Crippen LogP contribution in [-0.2, 0) is 13.2 Å². The zero-order valence-electron chi connectivity index (χ0n) is 20.1. The molecular formula is C28H27ClN2O5. The van der Waals surface area contributed by atoms with Crippen LogP contribution in [0.5, 0.6) is 11.5 Å². The average Bonchev–Trinajstić information content (AvgIpc) is 3.22. The van der Waals surface area contributed by atoms with Crippen molar-refractivity contribution < 1.29 is 24.2 Å². The number of aromatic carboxylic acids is 1. The maximum atomic E-state index is 12.1. The summed E-state index contributed by atoms with van der Waals surface area (Å²) < 4.78 is 13.7. The van der Waals surface area contributed by atoms with Crippen LogP contribution in [0.2, 0.25) is 5.02 Å². The van der Waals surface area contributed by atoms with E-state index in [4.69, 9.17) is 26.8 Å². The summed E-state index contributed by atoms with van der Waals surface area (Å²) >= 11 is 6.23. The Morgan fingerprint density at radius 1 is 0.972 bits per heavy atom. The summed E-state index contributed by atoms with van der Waals surface area (Å²) in [5, 5.41) is 11.0. The number of hydrogen-bond donors (Lipinski definition) is 2. The van der Waals surface area contributed by atoms with Gasteiger partial charge < -0.3 is 24.9 Å². The summed E-state index contributed by atoms with van der Waals surface area (Å²) in [6, 6.07) is 17.8. The summed E-state index contributed by atoms with van der Waals surface area (Å²) in [5.74, 6) is -0.217. The van der Waals surface area contributed by atoms with E-state index in [2.05, 4.69) is 0 Å². The fourth-order valence-corrected chi connectivity index (χ4v) is 4.30. The first-order valence-corrected chi connectivity index (χ1v) is 11.9. The molecular weight excluding hydrogens is 480 g/mol. The van der Waals surface area contributed by atoms with Crippen LogP contribution < -0.4 is 15.2 Å². The monoisotopic (exact) mass is 506 g/mol. The highest BCUT2D eigenvalue weighted by molar-refractivity contribution is 6.32. The van der Waals surface area contributed by atoms with Crippen LogP contribution in [0.15, 0.2) is 60.7 Å². The molecule has 0 fully saturated rings. The van der Waals surface area contributed by atoms with Gasteiger partial charge in [0.1, 0.15) is 23.8 Å². The Morgan fingerprint density at radius 3 is 2.39 bits per heavy atom. The first-order chi connectivity index (χ1) is 17.2. The number of nitrogens with two attached hydrogens (primary N) is 1. The Balaban J connectivity index is 1.50. The maximum absolute atomic E-state index is 12.1. The molecule has 0 aliphatic rings. The normalized spacial score (nSPS) is 11.0. The molecule has 3 N–H and O–H groups in total. The number of aromatic nitrogens is 1. The molecule has 0 aliphatic carbocycles. The Morgan fingerprint density at radius 2 is 1.69 bits per heavy atom. The van der Waals surface area contributed by atoms with Gasteiger partial charge in [-0.1, -0.05) is 29.8 Å². The predicted octanol–water partition coefficient (Wildman–Crippen LogP) is 5.76. The van der Waals surface area contributed by atoms with Gasteiger partial charge in [0.05, 0.1) is 17.7 Å². The molecule has 3 aromatic carbocycles. The van der Waals surface area contributed by atoms with Crippen LogP contribution in [-0.4, -0.2) is 28.2 Å². The van der Waals surface area contributed by atoms with Crippen molar-refractivity contribution in [1.29, 1.82) is 0 Å². The highest BCUT2D eigenvalue weighted by Crippen LogP contribution is 2.28. The maximum Gasteiger partial charge on any atom is 0.336 e. The van der Waals surface area contributed by atoms with E-state index in [1.54, 1.807) is 36.4 Å². The molecule has 0 bridgehead atoms. The number of hydrogen-bond acceptors (Lipinski definition) is 4. The number of carbonyl (C=O) groups is 2. The van der Waals surface area contributed by atoms with Gasteiger partial charge in [-0.3, -0.25) is 4.79 Å². The van der Waals surface area contributed by atoms with E-state index in [1.165, 1.54) is 0 Å². The van der Waals surface area contributed by atoms with Crippen molar-refractivity contribution in [3.8, 4) is 11.5 Å². The van der Waals surface area contributed by atoms with E-state index < -0.39 is 11.9 Å². The highest BCUT2D eigenvalue weighted by Gasteiger charge is 2.15. The van der Waals surface area contributed by atoms with Crippen molar-refractivity contribution in [3.05, 3.63) is 93.6 Å². The first-order valence-electron chi connectivity index (χ1n) is 11.5. The van der Waals surface area contributed by atoms with Crippen molar-refractivity contribution in [2.45, 2.75) is 33.4 Å². The Kier molecular flexibility index (Phi) is 7.50. The third-order valence-corrected chi connectivity index (χ3v) is 6.57. The van der Waals surface area contributed by atoms with Gasteiger partial charge >= 0.3 is 5.97 Å². The van der Waals surface area contributed by atoms with Gasteiger partial charge in [0, 0.05) is 28.6 Å². The number of rotatable bonds is 10. The van der Waals surface area contributed by atoms with Gasteiger partial charge in [0.15, 0.2) is 0 Å². The molecule has 0 saturated heterocycles. The van der Waals surface area contributed by atoms with Crippen LogP contribution in [0.4, 0.5) is 0 Å². The molecule has 8 heteroatoms. The summed E-state index contributed by atoms with van der Waals surface area (Å²) in [6.07, 6.45) is 0.641. The van der Waals surface area contributed by atoms with Crippen LogP contribution in [0.1, 0.15) is 44.0 Å². The summed E-state index contributed by atoms with van der Waals surface area (Å²) in [6.45, 7) is 4.94. The number of halogens is 1. The molecule has 7 nitrogen and oxygen atoms in total. The summed E-state index contributed by atoms with van der Waals surface area (Å²) in [7, 11) is 0. The lowest BCUT2D eigenvalue weighted by Gasteiger charge is -2.13. The van der Waals surface area contributed by atoms with E-state index in [1.807, 2.05) is 42.7 Å². The third-order valence-electron chi connectivity index (χ3n) is 5.98. The van der Waals surface area contributed by atoms with Gasteiger partial charge in [-0.25, -0.2) is 4.79 Å². The highest BCUT2D eigenvalue weighted by atomic mass is 35.5. The molecule has 36 heavy (non-hydrogen) atoms. The van der Waals surface area contributed by atoms with Crippen LogP contribution in [0.3, 0.4) is 0 Å². The topological polar surface area (TPSA) is 104 Å². The molecule has 0 spiro atoms. The average molecular weight is 507 g/mol. The molecule has 4 rings (SSSR count). The van der Waals surface area contributed by atoms with Crippen LogP contribution in [0.25, 0.3) is 10.9 Å². The molecule has 1 heterocycles. The number of primary amides is 1. The zero-order chi connectivity index (χ0) is 25.8. The Labute approximate surface area is 214 Å². The van der Waals surface area contributed by atoms with E-state index in [0.717, 1.165) is 32.8 Å². The van der Waals surface area contributed by atoms with E-state index in [0.29, 0.717) is 36.6 Å². The van der Waals surface area contributed by atoms with Crippen molar-refractivity contribution in [1.82, 2.24) is 4.57 Å². The smallest absolute Gasteiger partial charge is 0.336 e. The number of nitrogens with zero attached hydrogens (tertiary/aromatic N) is 1. The molecule has 4 aromatic rings. The number of ether oxygens (including phenoxy) is 2. The van der Waals surface area contributed by atoms with Gasteiger partial charge in [-0.2, -0.15) is 0 Å². The lowest BCUT2D eigenvalue weighted by Crippen LogP contribution is -2.17. The van der Waals surface area contributed by atoms with Crippen molar-refractivity contribution in [2.75, 3.05) is 6.61 Å². The number of benzene rings is 3. The second-order valence-electron chi connectivity index (χ2n) is 8.59. The summed E-state index contributed by atoms with van der Waals surface area (Å²) in [4.78, 5) is 23.6. The SMILES string of the molecule is Cc1cc(OCCCn2c(C(N)=O)cc3ccc(OCc4ccccc4C(=O)O)cc32)cc(C)c1Cl. The molecule has 0 radical (unpaired) electrons. The van der Waals surface area contributed by atoms with Crippen LogP contribution >= 0.6 is 11.6 Å². The first kappa shape index (κ1) is 25.1. The Hall–Kier alpha value is -3.97. The minimum atomic E-state index is -1.00. The molecule has 0 unspecified atom stereocenters. The number of amides is 1. The standard InChI is InChI=1S/C28H27ClN2O5/c1-17-12-22(13-18(2)26(17)29)35-11-5-10-31-24-15-21(9-8-19(24)14-25(31)27(30)32)36-16-20-6-3-4-7-23(20)28(33)34/h3-4,6-9,12-15H,5,10-11,16H2,1-2H3,(H2,30,32)(H,33,34). The number of fused-ring (bicyclic) bond motifs is 1. The minimum Gasteiger partial charge on any atom is -0.494 e. The lowest BCUT2D eigenvalue weighted by atomic mass is 10.1. The number of carboxylic acids is 1. The minimum absolute atomic E-state index is 0.102. The largest absolute Gasteiger partial charge is 0.494 e.